The van der Waals surface area contributed by atoms with E-state index in [1.807, 2.05) is 12.3 Å². The second-order valence-corrected chi connectivity index (χ2v) is 3.44. The van der Waals surface area contributed by atoms with Crippen molar-refractivity contribution in [1.29, 1.82) is 0 Å². The predicted octanol–water partition coefficient (Wildman–Crippen LogP) is 1.77. The molecule has 12 heavy (non-hydrogen) atoms. The van der Waals surface area contributed by atoms with Crippen LogP contribution < -0.4 is 5.32 Å². The lowest BCUT2D eigenvalue weighted by Crippen LogP contribution is -2.12. The molecule has 3 heteroatoms. The van der Waals surface area contributed by atoms with Crippen LogP contribution in [-0.4, -0.2) is 11.5 Å². The molecule has 0 unspecified atom stereocenters. The molecule has 1 aromatic heterocycles. The third-order valence-corrected chi connectivity index (χ3v) is 2.37. The molecule has 1 aliphatic rings. The molecule has 0 saturated heterocycles. The molecule has 0 atom stereocenters. The fourth-order valence-electron chi connectivity index (χ4n) is 1.52. The molecule has 1 N–H and O–H groups in total. The first-order valence-electron chi connectivity index (χ1n) is 4.20. The molecule has 2 heterocycles. The van der Waals surface area contributed by atoms with Gasteiger partial charge in [0.1, 0.15) is 5.15 Å². The smallest absolute Gasteiger partial charge is 0.129 e. The Labute approximate surface area is 77.0 Å². The number of hydrogen-bond donors (Lipinski definition) is 1. The maximum absolute atomic E-state index is 5.80. The zero-order chi connectivity index (χ0) is 8.39. The van der Waals surface area contributed by atoms with Crippen molar-refractivity contribution in [3.63, 3.8) is 0 Å². The van der Waals surface area contributed by atoms with E-state index in [9.17, 15) is 0 Å². The van der Waals surface area contributed by atoms with Crippen LogP contribution in [-0.2, 0) is 13.0 Å². The Kier molecular flexibility index (Phi) is 2.28. The third-order valence-electron chi connectivity index (χ3n) is 2.16. The van der Waals surface area contributed by atoms with E-state index in [0.29, 0.717) is 5.15 Å². The average Bonchev–Trinajstić information content (AvgIpc) is 2.28. The van der Waals surface area contributed by atoms with Crippen molar-refractivity contribution in [2.24, 2.45) is 0 Å². The minimum absolute atomic E-state index is 0.607. The highest BCUT2D eigenvalue weighted by atomic mass is 35.5. The van der Waals surface area contributed by atoms with E-state index in [1.54, 1.807) is 0 Å². The topological polar surface area (TPSA) is 24.9 Å². The summed E-state index contributed by atoms with van der Waals surface area (Å²) in [4.78, 5) is 4.06. The van der Waals surface area contributed by atoms with Crippen molar-refractivity contribution in [1.82, 2.24) is 10.3 Å². The Bertz CT molecular complexity index is 286. The first kappa shape index (κ1) is 8.02. The molecular formula is C9H11ClN2. The Balaban J connectivity index is 2.36. The highest BCUT2D eigenvalue weighted by molar-refractivity contribution is 6.29. The Morgan fingerprint density at radius 1 is 1.42 bits per heavy atom. The highest BCUT2D eigenvalue weighted by Gasteiger charge is 2.07. The van der Waals surface area contributed by atoms with Crippen LogP contribution in [0.25, 0.3) is 0 Å². The zero-order valence-corrected chi connectivity index (χ0v) is 7.56. The standard InChI is InChI=1S/C9H11ClN2/c10-9-4-7-2-1-3-11-5-8(7)6-12-9/h4,6,11H,1-3,5H2. The SMILES string of the molecule is Clc1cc2c(cn1)CNCCC2. The van der Waals surface area contributed by atoms with Gasteiger partial charge in [-0.15, -0.1) is 0 Å². The molecule has 0 aromatic carbocycles. The lowest BCUT2D eigenvalue weighted by atomic mass is 10.1. The lowest BCUT2D eigenvalue weighted by Gasteiger charge is -2.03. The van der Waals surface area contributed by atoms with Crippen LogP contribution in [0.3, 0.4) is 0 Å². The molecule has 0 saturated carbocycles. The molecule has 2 nitrogen and oxygen atoms in total. The van der Waals surface area contributed by atoms with Gasteiger partial charge in [-0.05, 0) is 36.6 Å². The molecule has 0 aliphatic carbocycles. The van der Waals surface area contributed by atoms with E-state index in [2.05, 4.69) is 10.3 Å². The first-order valence-corrected chi connectivity index (χ1v) is 4.58. The van der Waals surface area contributed by atoms with Crippen molar-refractivity contribution >= 4 is 11.6 Å². The van der Waals surface area contributed by atoms with E-state index < -0.39 is 0 Å². The Morgan fingerprint density at radius 2 is 2.33 bits per heavy atom. The van der Waals surface area contributed by atoms with Gasteiger partial charge in [0.25, 0.3) is 0 Å². The number of pyridine rings is 1. The van der Waals surface area contributed by atoms with Gasteiger partial charge < -0.3 is 5.32 Å². The number of rotatable bonds is 0. The molecule has 2 rings (SSSR count). The molecule has 0 spiro atoms. The van der Waals surface area contributed by atoms with Crippen molar-refractivity contribution in [3.05, 3.63) is 28.5 Å². The number of halogens is 1. The van der Waals surface area contributed by atoms with E-state index >= 15 is 0 Å². The van der Waals surface area contributed by atoms with Crippen molar-refractivity contribution < 1.29 is 0 Å². The molecule has 0 bridgehead atoms. The summed E-state index contributed by atoms with van der Waals surface area (Å²) < 4.78 is 0. The summed E-state index contributed by atoms with van der Waals surface area (Å²) in [6.07, 6.45) is 4.17. The van der Waals surface area contributed by atoms with Gasteiger partial charge in [-0.3, -0.25) is 0 Å². The third kappa shape index (κ3) is 1.59. The molecule has 0 radical (unpaired) electrons. The van der Waals surface area contributed by atoms with E-state index in [1.165, 1.54) is 17.5 Å². The summed E-state index contributed by atoms with van der Waals surface area (Å²) in [5, 5.41) is 3.95. The lowest BCUT2D eigenvalue weighted by molar-refractivity contribution is 0.680. The van der Waals surface area contributed by atoms with Gasteiger partial charge >= 0.3 is 0 Å². The molecule has 1 aliphatic heterocycles. The van der Waals surface area contributed by atoms with E-state index in [-0.39, 0.29) is 0 Å². The summed E-state index contributed by atoms with van der Waals surface area (Å²) in [6.45, 7) is 2.02. The van der Waals surface area contributed by atoms with Gasteiger partial charge in [-0.25, -0.2) is 4.98 Å². The maximum atomic E-state index is 5.80. The summed E-state index contributed by atoms with van der Waals surface area (Å²) in [7, 11) is 0. The number of fused-ring (bicyclic) bond motifs is 1. The minimum atomic E-state index is 0.607. The number of aryl methyl sites for hydroxylation is 1. The van der Waals surface area contributed by atoms with Crippen molar-refractivity contribution in [2.75, 3.05) is 6.54 Å². The van der Waals surface area contributed by atoms with Crippen LogP contribution in [0.5, 0.6) is 0 Å². The normalized spacial score (nSPS) is 16.8. The van der Waals surface area contributed by atoms with Gasteiger partial charge in [-0.2, -0.15) is 0 Å². The molecular weight excluding hydrogens is 172 g/mol. The van der Waals surface area contributed by atoms with Gasteiger partial charge in [0.05, 0.1) is 0 Å². The molecule has 64 valence electrons. The molecule has 0 amide bonds. The van der Waals surface area contributed by atoms with Crippen LogP contribution >= 0.6 is 11.6 Å². The van der Waals surface area contributed by atoms with Crippen LogP contribution in [0, 0.1) is 0 Å². The quantitative estimate of drug-likeness (QED) is 0.619. The van der Waals surface area contributed by atoms with Gasteiger partial charge in [0, 0.05) is 12.7 Å². The average molecular weight is 183 g/mol. The second-order valence-electron chi connectivity index (χ2n) is 3.06. The summed E-state index contributed by atoms with van der Waals surface area (Å²) in [6, 6.07) is 1.98. The number of nitrogens with zero attached hydrogens (tertiary/aromatic N) is 1. The van der Waals surface area contributed by atoms with Crippen molar-refractivity contribution in [2.45, 2.75) is 19.4 Å². The van der Waals surface area contributed by atoms with Gasteiger partial charge in [0.15, 0.2) is 0 Å². The Morgan fingerprint density at radius 3 is 3.25 bits per heavy atom. The predicted molar refractivity (Wildman–Crippen MR) is 49.3 cm³/mol. The molecule has 1 aromatic rings. The number of aromatic nitrogens is 1. The largest absolute Gasteiger partial charge is 0.313 e. The van der Waals surface area contributed by atoms with E-state index in [0.717, 1.165) is 19.5 Å². The summed E-state index contributed by atoms with van der Waals surface area (Å²) in [5.74, 6) is 0. The number of nitrogens with one attached hydrogen (secondary N) is 1. The van der Waals surface area contributed by atoms with Crippen molar-refractivity contribution in [3.8, 4) is 0 Å². The number of hydrogen-bond acceptors (Lipinski definition) is 2. The monoisotopic (exact) mass is 182 g/mol. The summed E-state index contributed by atoms with van der Waals surface area (Å²) in [5.41, 5.74) is 2.64. The van der Waals surface area contributed by atoms with Gasteiger partial charge in [-0.1, -0.05) is 11.6 Å². The van der Waals surface area contributed by atoms with Crippen LogP contribution in [0.4, 0.5) is 0 Å². The minimum Gasteiger partial charge on any atom is -0.313 e. The van der Waals surface area contributed by atoms with E-state index in [4.69, 9.17) is 11.6 Å². The fourth-order valence-corrected chi connectivity index (χ4v) is 1.70. The molecule has 0 fully saturated rings. The maximum Gasteiger partial charge on any atom is 0.129 e. The van der Waals surface area contributed by atoms with Crippen LogP contribution in [0.2, 0.25) is 5.15 Å². The summed E-state index contributed by atoms with van der Waals surface area (Å²) >= 11 is 5.80. The van der Waals surface area contributed by atoms with Gasteiger partial charge in [0.2, 0.25) is 0 Å². The first-order chi connectivity index (χ1) is 5.86. The highest BCUT2D eigenvalue weighted by Crippen LogP contribution is 2.16. The van der Waals surface area contributed by atoms with Crippen LogP contribution in [0.15, 0.2) is 12.3 Å². The van der Waals surface area contributed by atoms with Crippen LogP contribution in [0.1, 0.15) is 17.5 Å². The second kappa shape index (κ2) is 3.42. The zero-order valence-electron chi connectivity index (χ0n) is 6.81. The fraction of sp³-hybridized carbons (Fsp3) is 0.444. The Hall–Kier alpha value is -0.600.